The fraction of sp³-hybridized carbons (Fsp3) is 0.429. The average molecular weight is 344 g/mol. The molecule has 130 valence electrons. The maximum Gasteiger partial charge on any atom is 0.189 e. The first-order valence-corrected chi connectivity index (χ1v) is 8.86. The molecule has 3 rings (SSSR count). The van der Waals surface area contributed by atoms with Crippen molar-refractivity contribution < 1.29 is 4.74 Å². The van der Waals surface area contributed by atoms with Crippen LogP contribution in [-0.4, -0.2) is 12.3 Å². The summed E-state index contributed by atoms with van der Waals surface area (Å²) in [6, 6.07) is 13.8. The lowest BCUT2D eigenvalue weighted by atomic mass is 9.53. The lowest BCUT2D eigenvalue weighted by Gasteiger charge is -2.45. The molecule has 26 heavy (non-hydrogen) atoms. The van der Waals surface area contributed by atoms with Crippen LogP contribution in [0.1, 0.15) is 37.7 Å². The van der Waals surface area contributed by atoms with E-state index in [2.05, 4.69) is 18.2 Å². The van der Waals surface area contributed by atoms with Crippen LogP contribution in [0.2, 0.25) is 0 Å². The second kappa shape index (κ2) is 7.03. The molecule has 0 heterocycles. The molecule has 3 atom stereocenters. The van der Waals surface area contributed by atoms with Crippen molar-refractivity contribution in [2.75, 3.05) is 6.61 Å². The van der Waals surface area contributed by atoms with Gasteiger partial charge in [0.2, 0.25) is 0 Å². The molecule has 5 heteroatoms. The van der Waals surface area contributed by atoms with Gasteiger partial charge < -0.3 is 10.1 Å². The summed E-state index contributed by atoms with van der Waals surface area (Å²) >= 11 is 0. The summed E-state index contributed by atoms with van der Waals surface area (Å²) in [6.07, 6.45) is 4.69. The van der Waals surface area contributed by atoms with Crippen molar-refractivity contribution in [1.29, 1.82) is 21.2 Å². The molecule has 1 aromatic rings. The largest absolute Gasteiger partial charge is 0.494 e. The SMILES string of the molecule is CCOc1ccc([C@@H]2[C@@H]3CCCC=C3[C@H](C#N)C(=N)C2(C#N)C#N)cc1. The summed E-state index contributed by atoms with van der Waals surface area (Å²) in [5.41, 5.74) is 0.0416. The van der Waals surface area contributed by atoms with E-state index in [1.807, 2.05) is 37.3 Å². The smallest absolute Gasteiger partial charge is 0.189 e. The molecule has 2 aliphatic rings. The van der Waals surface area contributed by atoms with E-state index in [4.69, 9.17) is 10.1 Å². The van der Waals surface area contributed by atoms with Gasteiger partial charge in [0.05, 0.1) is 30.5 Å². The molecule has 0 saturated heterocycles. The number of ether oxygens (including phenoxy) is 1. The first-order chi connectivity index (χ1) is 12.6. The van der Waals surface area contributed by atoms with Crippen molar-refractivity contribution in [2.45, 2.75) is 32.1 Å². The Labute approximate surface area is 153 Å². The van der Waals surface area contributed by atoms with Crippen LogP contribution in [0.15, 0.2) is 35.9 Å². The lowest BCUT2D eigenvalue weighted by molar-refractivity contribution is 0.318. The number of rotatable bonds is 3. The zero-order chi connectivity index (χ0) is 18.7. The molecular weight excluding hydrogens is 324 g/mol. The van der Waals surface area contributed by atoms with Gasteiger partial charge in [0.1, 0.15) is 11.7 Å². The van der Waals surface area contributed by atoms with Crippen molar-refractivity contribution in [1.82, 2.24) is 0 Å². The number of nitriles is 3. The van der Waals surface area contributed by atoms with Crippen LogP contribution in [0.5, 0.6) is 5.75 Å². The highest BCUT2D eigenvalue weighted by Crippen LogP contribution is 2.55. The van der Waals surface area contributed by atoms with Crippen molar-refractivity contribution in [3.8, 4) is 24.0 Å². The van der Waals surface area contributed by atoms with Crippen LogP contribution < -0.4 is 4.74 Å². The van der Waals surface area contributed by atoms with Gasteiger partial charge >= 0.3 is 0 Å². The number of hydrogen-bond donors (Lipinski definition) is 1. The molecular formula is C21H20N4O. The van der Waals surface area contributed by atoms with E-state index in [-0.39, 0.29) is 11.6 Å². The van der Waals surface area contributed by atoms with E-state index < -0.39 is 17.3 Å². The fourth-order valence-corrected chi connectivity index (χ4v) is 4.32. The van der Waals surface area contributed by atoms with E-state index in [0.29, 0.717) is 6.61 Å². The monoisotopic (exact) mass is 344 g/mol. The zero-order valence-corrected chi connectivity index (χ0v) is 14.7. The Morgan fingerprint density at radius 1 is 1.19 bits per heavy atom. The Morgan fingerprint density at radius 3 is 2.46 bits per heavy atom. The Bertz CT molecular complexity index is 849. The molecule has 0 amide bonds. The van der Waals surface area contributed by atoms with Gasteiger partial charge in [-0.25, -0.2) is 0 Å². The predicted molar refractivity (Wildman–Crippen MR) is 96.3 cm³/mol. The van der Waals surface area contributed by atoms with E-state index >= 15 is 0 Å². The standard InChI is InChI=1S/C21H20N4O/c1-2-26-15-9-7-14(8-10-15)19-17-6-4-3-5-16(17)18(11-22)20(25)21(19,12-23)13-24/h5,7-10,17-19,25H,2-4,6H2,1H3/t17-,18+,19-/m1/s1. The van der Waals surface area contributed by atoms with Crippen molar-refractivity contribution in [3.63, 3.8) is 0 Å². The summed E-state index contributed by atoms with van der Waals surface area (Å²) in [6.45, 7) is 2.47. The molecule has 1 N–H and O–H groups in total. The third kappa shape index (κ3) is 2.56. The van der Waals surface area contributed by atoms with Gasteiger partial charge in [0, 0.05) is 5.92 Å². The molecule has 0 radical (unpaired) electrons. The number of nitrogens with one attached hydrogen (secondary N) is 1. The average Bonchev–Trinajstić information content (AvgIpc) is 2.68. The summed E-state index contributed by atoms with van der Waals surface area (Å²) in [4.78, 5) is 0. The molecule has 1 aromatic carbocycles. The highest BCUT2D eigenvalue weighted by molar-refractivity contribution is 6.00. The molecule has 1 saturated carbocycles. The van der Waals surface area contributed by atoms with Gasteiger partial charge in [-0.1, -0.05) is 18.2 Å². The highest BCUT2D eigenvalue weighted by Gasteiger charge is 2.57. The van der Waals surface area contributed by atoms with Gasteiger partial charge in [-0.2, -0.15) is 15.8 Å². The van der Waals surface area contributed by atoms with Gasteiger partial charge in [-0.3, -0.25) is 0 Å². The number of allylic oxidation sites excluding steroid dienone is 2. The van der Waals surface area contributed by atoms with Crippen molar-refractivity contribution in [3.05, 3.63) is 41.5 Å². The summed E-state index contributed by atoms with van der Waals surface area (Å²) in [5.74, 6) is -0.564. The number of fused-ring (bicyclic) bond motifs is 1. The summed E-state index contributed by atoms with van der Waals surface area (Å²) < 4.78 is 5.49. The minimum atomic E-state index is -1.62. The van der Waals surface area contributed by atoms with Crippen molar-refractivity contribution >= 4 is 5.71 Å². The van der Waals surface area contributed by atoms with Crippen molar-refractivity contribution in [2.24, 2.45) is 17.3 Å². The van der Waals surface area contributed by atoms with Crippen LogP contribution in [0.25, 0.3) is 0 Å². The molecule has 0 bridgehead atoms. The Morgan fingerprint density at radius 2 is 1.88 bits per heavy atom. The van der Waals surface area contributed by atoms with Crippen LogP contribution in [0.3, 0.4) is 0 Å². The zero-order valence-electron chi connectivity index (χ0n) is 14.7. The number of hydrogen-bond acceptors (Lipinski definition) is 5. The first-order valence-electron chi connectivity index (χ1n) is 8.86. The van der Waals surface area contributed by atoms with Gasteiger partial charge in [0.15, 0.2) is 5.41 Å². The highest BCUT2D eigenvalue weighted by atomic mass is 16.5. The molecule has 1 fully saturated rings. The first kappa shape index (κ1) is 17.7. The third-order valence-electron chi connectivity index (χ3n) is 5.48. The maximum absolute atomic E-state index is 9.92. The Balaban J connectivity index is 2.16. The molecule has 0 unspecified atom stereocenters. The van der Waals surface area contributed by atoms with Crippen LogP contribution in [0, 0.1) is 56.7 Å². The number of nitrogens with zero attached hydrogens (tertiary/aromatic N) is 3. The van der Waals surface area contributed by atoms with E-state index in [1.165, 1.54) is 0 Å². The Kier molecular flexibility index (Phi) is 4.79. The molecule has 5 nitrogen and oxygen atoms in total. The third-order valence-corrected chi connectivity index (χ3v) is 5.48. The van der Waals surface area contributed by atoms with E-state index in [0.717, 1.165) is 36.1 Å². The number of benzene rings is 1. The lowest BCUT2D eigenvalue weighted by Crippen LogP contribution is -2.48. The summed E-state index contributed by atoms with van der Waals surface area (Å²) in [5, 5.41) is 38.0. The van der Waals surface area contributed by atoms with Crippen LogP contribution in [0.4, 0.5) is 0 Å². The Hall–Kier alpha value is -3.10. The maximum atomic E-state index is 9.92. The second-order valence-electron chi connectivity index (χ2n) is 6.73. The molecule has 0 spiro atoms. The fourth-order valence-electron chi connectivity index (χ4n) is 4.32. The van der Waals surface area contributed by atoms with E-state index in [1.54, 1.807) is 0 Å². The second-order valence-corrected chi connectivity index (χ2v) is 6.73. The molecule has 0 aromatic heterocycles. The van der Waals surface area contributed by atoms with Crippen LogP contribution >= 0.6 is 0 Å². The quantitative estimate of drug-likeness (QED) is 0.833. The predicted octanol–water partition coefficient (Wildman–Crippen LogP) is 4.10. The molecule has 2 aliphatic carbocycles. The minimum absolute atomic E-state index is 0.0697. The van der Waals surface area contributed by atoms with Gasteiger partial charge in [0.25, 0.3) is 0 Å². The normalized spacial score (nSPS) is 26.5. The minimum Gasteiger partial charge on any atom is -0.494 e. The molecule has 0 aliphatic heterocycles. The summed E-state index contributed by atoms with van der Waals surface area (Å²) in [7, 11) is 0. The van der Waals surface area contributed by atoms with Crippen LogP contribution in [-0.2, 0) is 0 Å². The topological polar surface area (TPSA) is 104 Å². The van der Waals surface area contributed by atoms with Gasteiger partial charge in [-0.05, 0) is 55.4 Å². The van der Waals surface area contributed by atoms with E-state index in [9.17, 15) is 15.8 Å². The van der Waals surface area contributed by atoms with Gasteiger partial charge in [-0.15, -0.1) is 0 Å².